The highest BCUT2D eigenvalue weighted by molar-refractivity contribution is 4.62. The lowest BCUT2D eigenvalue weighted by Crippen LogP contribution is -2.20. The van der Waals surface area contributed by atoms with Gasteiger partial charge in [-0.1, -0.05) is 47.5 Å². The first kappa shape index (κ1) is 15.0. The molecule has 0 aromatic heterocycles. The molecular weight excluding hydrogens is 182 g/mol. The average Bonchev–Trinajstić information content (AvgIpc) is 2.21. The number of hydrogen-bond acceptors (Lipinski definition) is 1. The first-order valence-corrected chi connectivity index (χ1v) is 6.65. The zero-order valence-electron chi connectivity index (χ0n) is 11.7. The van der Waals surface area contributed by atoms with Gasteiger partial charge in [0.15, 0.2) is 0 Å². The smallest absolute Gasteiger partial charge is 0.00194 e. The third kappa shape index (κ3) is 7.84. The quantitative estimate of drug-likeness (QED) is 0.588. The average molecular weight is 213 g/mol. The van der Waals surface area contributed by atoms with Crippen molar-refractivity contribution in [2.75, 3.05) is 20.1 Å². The Morgan fingerprint density at radius 1 is 0.933 bits per heavy atom. The second-order valence-corrected chi connectivity index (χ2v) is 5.59. The van der Waals surface area contributed by atoms with E-state index in [4.69, 9.17) is 0 Å². The molecule has 0 aliphatic carbocycles. The van der Waals surface area contributed by atoms with Gasteiger partial charge in [-0.05, 0) is 44.3 Å². The van der Waals surface area contributed by atoms with E-state index in [9.17, 15) is 0 Å². The van der Waals surface area contributed by atoms with Crippen molar-refractivity contribution in [2.24, 2.45) is 17.8 Å². The molecule has 0 aliphatic heterocycles. The van der Waals surface area contributed by atoms with Crippen LogP contribution in [0.3, 0.4) is 0 Å². The summed E-state index contributed by atoms with van der Waals surface area (Å²) in [5.41, 5.74) is 0. The summed E-state index contributed by atoms with van der Waals surface area (Å²) in [5.74, 6) is 2.62. The van der Waals surface area contributed by atoms with Crippen molar-refractivity contribution in [3.05, 3.63) is 0 Å². The minimum absolute atomic E-state index is 0.843. The molecule has 0 spiro atoms. The van der Waals surface area contributed by atoms with E-state index >= 15 is 0 Å². The zero-order valence-corrected chi connectivity index (χ0v) is 11.7. The number of nitrogens with zero attached hydrogens (tertiary/aromatic N) is 1. The number of hydrogen-bond donors (Lipinski definition) is 0. The standard InChI is InChI=1S/C14H31N/c1-7-15(6)11-10-13(4)8-9-14(5)12(2)3/h12-14H,7-11H2,1-6H3. The Labute approximate surface area is 97.2 Å². The van der Waals surface area contributed by atoms with Crippen molar-refractivity contribution in [1.29, 1.82) is 0 Å². The van der Waals surface area contributed by atoms with Gasteiger partial charge in [0.25, 0.3) is 0 Å². The molecule has 0 aromatic carbocycles. The molecule has 0 radical (unpaired) electrons. The molecule has 0 saturated carbocycles. The topological polar surface area (TPSA) is 3.24 Å². The van der Waals surface area contributed by atoms with Gasteiger partial charge in [-0.3, -0.25) is 0 Å². The normalized spacial score (nSPS) is 16.0. The molecule has 0 aliphatic rings. The lowest BCUT2D eigenvalue weighted by Gasteiger charge is -2.20. The largest absolute Gasteiger partial charge is 0.307 e. The van der Waals surface area contributed by atoms with Crippen LogP contribution in [0.15, 0.2) is 0 Å². The van der Waals surface area contributed by atoms with E-state index in [0.29, 0.717) is 0 Å². The van der Waals surface area contributed by atoms with Crippen LogP contribution >= 0.6 is 0 Å². The highest BCUT2D eigenvalue weighted by atomic mass is 15.1. The minimum Gasteiger partial charge on any atom is -0.307 e. The summed E-state index contributed by atoms with van der Waals surface area (Å²) in [6.07, 6.45) is 4.15. The van der Waals surface area contributed by atoms with Gasteiger partial charge in [-0.2, -0.15) is 0 Å². The molecule has 0 bridgehead atoms. The summed E-state index contributed by atoms with van der Waals surface area (Å²) in [4.78, 5) is 2.41. The van der Waals surface area contributed by atoms with Crippen molar-refractivity contribution in [3.8, 4) is 0 Å². The molecular formula is C14H31N. The zero-order chi connectivity index (χ0) is 11.8. The second kappa shape index (κ2) is 8.15. The van der Waals surface area contributed by atoms with E-state index in [2.05, 4.69) is 46.6 Å². The van der Waals surface area contributed by atoms with Crippen LogP contribution in [0, 0.1) is 17.8 Å². The van der Waals surface area contributed by atoms with Gasteiger partial charge in [0.1, 0.15) is 0 Å². The Bertz CT molecular complexity index is 142. The highest BCUT2D eigenvalue weighted by Gasteiger charge is 2.10. The Morgan fingerprint density at radius 2 is 1.53 bits per heavy atom. The fraction of sp³-hybridized carbons (Fsp3) is 1.00. The summed E-state index contributed by atoms with van der Waals surface area (Å²) in [7, 11) is 2.21. The van der Waals surface area contributed by atoms with Crippen LogP contribution in [0.25, 0.3) is 0 Å². The van der Waals surface area contributed by atoms with Gasteiger partial charge in [-0.25, -0.2) is 0 Å². The molecule has 0 heterocycles. The molecule has 0 aromatic rings. The highest BCUT2D eigenvalue weighted by Crippen LogP contribution is 2.20. The summed E-state index contributed by atoms with van der Waals surface area (Å²) in [5, 5.41) is 0. The van der Waals surface area contributed by atoms with E-state index in [1.807, 2.05) is 0 Å². The molecule has 0 saturated heterocycles. The number of rotatable bonds is 8. The summed E-state index contributed by atoms with van der Waals surface area (Å²) < 4.78 is 0. The molecule has 2 unspecified atom stereocenters. The molecule has 92 valence electrons. The van der Waals surface area contributed by atoms with Crippen LogP contribution in [0.4, 0.5) is 0 Å². The Balaban J connectivity index is 3.52. The maximum atomic E-state index is 2.41. The van der Waals surface area contributed by atoms with Crippen molar-refractivity contribution in [1.82, 2.24) is 4.90 Å². The fourth-order valence-corrected chi connectivity index (χ4v) is 1.62. The monoisotopic (exact) mass is 213 g/mol. The molecule has 2 atom stereocenters. The van der Waals surface area contributed by atoms with Crippen molar-refractivity contribution in [3.63, 3.8) is 0 Å². The van der Waals surface area contributed by atoms with Gasteiger partial charge in [0.2, 0.25) is 0 Å². The van der Waals surface area contributed by atoms with Crippen LogP contribution in [-0.4, -0.2) is 25.0 Å². The third-order valence-corrected chi connectivity index (χ3v) is 3.80. The van der Waals surface area contributed by atoms with E-state index in [-0.39, 0.29) is 0 Å². The second-order valence-electron chi connectivity index (χ2n) is 5.59. The lowest BCUT2D eigenvalue weighted by atomic mass is 9.89. The Kier molecular flexibility index (Phi) is 8.13. The fourth-order valence-electron chi connectivity index (χ4n) is 1.62. The maximum Gasteiger partial charge on any atom is -0.00194 e. The predicted molar refractivity (Wildman–Crippen MR) is 70.2 cm³/mol. The van der Waals surface area contributed by atoms with Gasteiger partial charge < -0.3 is 4.90 Å². The molecule has 0 amide bonds. The van der Waals surface area contributed by atoms with E-state index in [1.54, 1.807) is 0 Å². The first-order chi connectivity index (χ1) is 6.97. The van der Waals surface area contributed by atoms with Crippen LogP contribution in [-0.2, 0) is 0 Å². The third-order valence-electron chi connectivity index (χ3n) is 3.80. The van der Waals surface area contributed by atoms with E-state index in [1.165, 1.54) is 32.4 Å². The molecule has 0 rings (SSSR count). The van der Waals surface area contributed by atoms with Gasteiger partial charge in [0.05, 0.1) is 0 Å². The van der Waals surface area contributed by atoms with Crippen LogP contribution < -0.4 is 0 Å². The summed E-state index contributed by atoms with van der Waals surface area (Å²) in [6.45, 7) is 14.1. The van der Waals surface area contributed by atoms with E-state index in [0.717, 1.165) is 17.8 Å². The first-order valence-electron chi connectivity index (χ1n) is 6.65. The molecule has 0 fully saturated rings. The minimum atomic E-state index is 0.843. The maximum absolute atomic E-state index is 2.41. The lowest BCUT2D eigenvalue weighted by molar-refractivity contribution is 0.294. The van der Waals surface area contributed by atoms with Crippen LogP contribution in [0.5, 0.6) is 0 Å². The molecule has 15 heavy (non-hydrogen) atoms. The van der Waals surface area contributed by atoms with E-state index < -0.39 is 0 Å². The van der Waals surface area contributed by atoms with Gasteiger partial charge >= 0.3 is 0 Å². The van der Waals surface area contributed by atoms with Gasteiger partial charge in [0, 0.05) is 0 Å². The van der Waals surface area contributed by atoms with Crippen molar-refractivity contribution < 1.29 is 0 Å². The molecule has 1 heteroatoms. The van der Waals surface area contributed by atoms with Gasteiger partial charge in [-0.15, -0.1) is 0 Å². The summed E-state index contributed by atoms with van der Waals surface area (Å²) in [6, 6.07) is 0. The predicted octanol–water partition coefficient (Wildman–Crippen LogP) is 4.04. The van der Waals surface area contributed by atoms with Crippen LogP contribution in [0.1, 0.15) is 53.9 Å². The van der Waals surface area contributed by atoms with Crippen molar-refractivity contribution in [2.45, 2.75) is 53.9 Å². The molecule has 0 N–H and O–H groups in total. The Hall–Kier alpha value is -0.0400. The molecule has 1 nitrogen and oxygen atoms in total. The SMILES string of the molecule is CCN(C)CCC(C)CCC(C)C(C)C. The Morgan fingerprint density at radius 3 is 2.00 bits per heavy atom. The summed E-state index contributed by atoms with van der Waals surface area (Å²) >= 11 is 0. The van der Waals surface area contributed by atoms with Crippen LogP contribution in [0.2, 0.25) is 0 Å². The van der Waals surface area contributed by atoms with Crippen molar-refractivity contribution >= 4 is 0 Å².